The number of aliphatic hydroxyl groups excluding tert-OH is 1. The van der Waals surface area contributed by atoms with E-state index in [0.717, 1.165) is 56.1 Å². The molecule has 39 heavy (non-hydrogen) atoms. The summed E-state index contributed by atoms with van der Waals surface area (Å²) in [7, 11) is -1.89. The molecule has 0 atom stereocenters. The third-order valence-electron chi connectivity index (χ3n) is 8.44. The zero-order valence-electron chi connectivity index (χ0n) is 22.1. The quantitative estimate of drug-likeness (QED) is 0.371. The molecule has 1 spiro atoms. The van der Waals surface area contributed by atoms with Crippen LogP contribution in [0, 0.1) is 5.41 Å². The molecule has 3 aliphatic rings. The molecule has 2 aliphatic carbocycles. The van der Waals surface area contributed by atoms with Crippen LogP contribution in [0.15, 0.2) is 41.4 Å². The number of aryl methyl sites for hydroxylation is 1. The van der Waals surface area contributed by atoms with Crippen molar-refractivity contribution in [2.24, 2.45) is 12.5 Å². The van der Waals surface area contributed by atoms with Crippen molar-refractivity contribution in [2.45, 2.75) is 55.9 Å². The summed E-state index contributed by atoms with van der Waals surface area (Å²) in [6, 6.07) is 8.36. The molecule has 3 fully saturated rings. The number of hydrogen-bond acceptors (Lipinski definition) is 7. The van der Waals surface area contributed by atoms with Gasteiger partial charge in [-0.25, -0.2) is 13.1 Å². The number of pyridine rings is 1. The molecular weight excluding hydrogens is 518 g/mol. The highest BCUT2D eigenvalue weighted by molar-refractivity contribution is 7.89. The first-order chi connectivity index (χ1) is 18.8. The molecule has 208 valence electrons. The second kappa shape index (κ2) is 10.1. The maximum absolute atomic E-state index is 13.7. The van der Waals surface area contributed by atoms with Crippen LogP contribution in [0.3, 0.4) is 0 Å². The summed E-state index contributed by atoms with van der Waals surface area (Å²) in [6.45, 7) is 1.15. The molecule has 3 N–H and O–H groups in total. The Morgan fingerprint density at radius 1 is 1.15 bits per heavy atom. The van der Waals surface area contributed by atoms with Gasteiger partial charge in [0.25, 0.3) is 5.91 Å². The zero-order valence-corrected chi connectivity index (χ0v) is 23.0. The van der Waals surface area contributed by atoms with E-state index in [0.29, 0.717) is 28.4 Å². The number of aromatic nitrogens is 2. The van der Waals surface area contributed by atoms with Crippen molar-refractivity contribution in [2.75, 3.05) is 36.5 Å². The van der Waals surface area contributed by atoms with Crippen molar-refractivity contribution < 1.29 is 23.1 Å². The lowest BCUT2D eigenvalue weighted by atomic mass is 9.93. The lowest BCUT2D eigenvalue weighted by Crippen LogP contribution is -2.36. The van der Waals surface area contributed by atoms with Gasteiger partial charge in [0.05, 0.1) is 22.8 Å². The van der Waals surface area contributed by atoms with Crippen molar-refractivity contribution in [1.82, 2.24) is 14.3 Å². The van der Waals surface area contributed by atoms with Crippen LogP contribution in [0.2, 0.25) is 0 Å². The topological polar surface area (TPSA) is 126 Å². The first kappa shape index (κ1) is 26.1. The lowest BCUT2D eigenvalue weighted by Gasteiger charge is -2.35. The van der Waals surface area contributed by atoms with Gasteiger partial charge in [-0.05, 0) is 80.7 Å². The number of benzene rings is 1. The Kier molecular flexibility index (Phi) is 6.76. The summed E-state index contributed by atoms with van der Waals surface area (Å²) in [5, 5.41) is 13.0. The Morgan fingerprint density at radius 2 is 1.92 bits per heavy atom. The van der Waals surface area contributed by atoms with Gasteiger partial charge in [0.1, 0.15) is 17.4 Å². The third-order valence-corrected chi connectivity index (χ3v) is 9.90. The maximum Gasteiger partial charge on any atom is 0.258 e. The second-order valence-electron chi connectivity index (χ2n) is 11.1. The van der Waals surface area contributed by atoms with Gasteiger partial charge in [-0.1, -0.05) is 0 Å². The predicted molar refractivity (Wildman–Crippen MR) is 149 cm³/mol. The van der Waals surface area contributed by atoms with Gasteiger partial charge in [0.2, 0.25) is 15.9 Å². The minimum Gasteiger partial charge on any atom is -0.473 e. The average Bonchev–Trinajstić information content (AvgIpc) is 3.55. The molecule has 10 nitrogen and oxygen atoms in total. The van der Waals surface area contributed by atoms with Gasteiger partial charge >= 0.3 is 0 Å². The Morgan fingerprint density at radius 3 is 2.59 bits per heavy atom. The maximum atomic E-state index is 13.7. The minimum absolute atomic E-state index is 0.0641. The number of nitrogens with one attached hydrogen (secondary N) is 2. The summed E-state index contributed by atoms with van der Waals surface area (Å²) < 4.78 is 36.2. The number of hydrogen-bond donors (Lipinski definition) is 3. The number of fused-ring (bicyclic) bond motifs is 1. The fourth-order valence-electron chi connectivity index (χ4n) is 5.55. The Labute approximate surface area is 228 Å². The second-order valence-corrected chi connectivity index (χ2v) is 12.9. The highest BCUT2D eigenvalue weighted by Crippen LogP contribution is 2.54. The monoisotopic (exact) mass is 553 g/mol. The minimum atomic E-state index is -3.83. The van der Waals surface area contributed by atoms with Crippen LogP contribution in [0.5, 0.6) is 5.88 Å². The highest BCUT2D eigenvalue weighted by Gasteiger charge is 2.44. The average molecular weight is 554 g/mol. The van der Waals surface area contributed by atoms with E-state index >= 15 is 0 Å². The third kappa shape index (κ3) is 5.22. The number of ether oxygens (including phenoxy) is 1. The lowest BCUT2D eigenvalue weighted by molar-refractivity contribution is 0.102. The molecule has 1 amide bonds. The van der Waals surface area contributed by atoms with Crippen LogP contribution < -0.4 is 19.7 Å². The molecule has 0 bridgehead atoms. The molecule has 2 saturated carbocycles. The number of carbonyl (C=O) groups is 1. The fraction of sp³-hybridized carbons (Fsp3) is 0.500. The molecule has 3 heterocycles. The summed E-state index contributed by atoms with van der Waals surface area (Å²) in [6.07, 6.45) is 9.75. The van der Waals surface area contributed by atoms with E-state index in [1.165, 1.54) is 18.9 Å². The number of amides is 1. The van der Waals surface area contributed by atoms with Gasteiger partial charge in [-0.15, -0.1) is 0 Å². The summed E-state index contributed by atoms with van der Waals surface area (Å²) in [4.78, 5) is 20.5. The van der Waals surface area contributed by atoms with E-state index in [1.807, 2.05) is 29.9 Å². The molecule has 0 unspecified atom stereocenters. The number of nitrogens with zero attached hydrogens (tertiary/aromatic N) is 3. The van der Waals surface area contributed by atoms with Gasteiger partial charge in [-0.3, -0.25) is 4.79 Å². The number of rotatable bonds is 9. The van der Waals surface area contributed by atoms with Crippen molar-refractivity contribution in [3.63, 3.8) is 0 Å². The number of piperidine rings is 1. The standard InChI is InChI=1S/C28H35N5O5S/c1-32-13-7-19-17-24(31-27(25(19)32)38-20-3-2-4-20)30-26(35)22-6-5-21(39(36,37)29-12-16-34)18-23(22)33-14-10-28(8-9-28)11-15-33/h5-7,13,17-18,20,29,34H,2-4,8-12,14-16H2,1H3,(H,30,31,35). The molecule has 1 aromatic carbocycles. The van der Waals surface area contributed by atoms with E-state index in [4.69, 9.17) is 9.84 Å². The van der Waals surface area contributed by atoms with Crippen molar-refractivity contribution >= 4 is 38.3 Å². The molecule has 1 aliphatic heterocycles. The van der Waals surface area contributed by atoms with E-state index in [-0.39, 0.29) is 30.1 Å². The van der Waals surface area contributed by atoms with Gasteiger partial charge in [0, 0.05) is 38.3 Å². The molecule has 2 aromatic heterocycles. The van der Waals surface area contributed by atoms with E-state index < -0.39 is 10.0 Å². The van der Waals surface area contributed by atoms with Crippen LogP contribution >= 0.6 is 0 Å². The molecule has 0 radical (unpaired) electrons. The molecule has 3 aromatic rings. The molecule has 6 rings (SSSR count). The van der Waals surface area contributed by atoms with Gasteiger partial charge in [-0.2, -0.15) is 4.98 Å². The van der Waals surface area contributed by atoms with Gasteiger partial charge < -0.3 is 24.6 Å². The van der Waals surface area contributed by atoms with Crippen molar-refractivity contribution in [1.29, 1.82) is 0 Å². The number of sulfonamides is 1. The first-order valence-corrected chi connectivity index (χ1v) is 15.2. The number of aliphatic hydroxyl groups is 1. The number of carbonyl (C=O) groups excluding carboxylic acids is 1. The molecular formula is C28H35N5O5S. The zero-order chi connectivity index (χ0) is 27.2. The Balaban J connectivity index is 1.31. The predicted octanol–water partition coefficient (Wildman–Crippen LogP) is 3.41. The van der Waals surface area contributed by atoms with Crippen LogP contribution in [-0.2, 0) is 17.1 Å². The summed E-state index contributed by atoms with van der Waals surface area (Å²) >= 11 is 0. The largest absolute Gasteiger partial charge is 0.473 e. The van der Waals surface area contributed by atoms with E-state index in [2.05, 4.69) is 19.9 Å². The smallest absolute Gasteiger partial charge is 0.258 e. The molecule has 11 heteroatoms. The van der Waals surface area contributed by atoms with Gasteiger partial charge in [0.15, 0.2) is 0 Å². The number of anilines is 2. The van der Waals surface area contributed by atoms with Crippen molar-refractivity contribution in [3.8, 4) is 5.88 Å². The van der Waals surface area contributed by atoms with Crippen LogP contribution in [0.1, 0.15) is 55.3 Å². The molecule has 1 saturated heterocycles. The Hall–Kier alpha value is -3.15. The van der Waals surface area contributed by atoms with Crippen LogP contribution in [0.4, 0.5) is 11.5 Å². The summed E-state index contributed by atoms with van der Waals surface area (Å²) in [5.41, 5.74) is 2.28. The highest BCUT2D eigenvalue weighted by atomic mass is 32.2. The van der Waals surface area contributed by atoms with E-state index in [1.54, 1.807) is 12.1 Å². The van der Waals surface area contributed by atoms with Crippen LogP contribution in [0.25, 0.3) is 10.9 Å². The fourth-order valence-corrected chi connectivity index (χ4v) is 6.59. The van der Waals surface area contributed by atoms with Crippen LogP contribution in [-0.4, -0.2) is 61.3 Å². The van der Waals surface area contributed by atoms with Crippen molar-refractivity contribution in [3.05, 3.63) is 42.1 Å². The summed E-state index contributed by atoms with van der Waals surface area (Å²) in [5.74, 6) is 0.527. The Bertz CT molecular complexity index is 1500. The normalized spacial score (nSPS) is 18.8. The first-order valence-electron chi connectivity index (χ1n) is 13.7. The van der Waals surface area contributed by atoms with E-state index in [9.17, 15) is 13.2 Å². The SMILES string of the molecule is Cn1ccc2cc(NC(=O)c3ccc(S(=O)(=O)NCCO)cc3N3CCC4(CC3)CC4)nc(OC3CCC3)c21.